The molecule has 22 heavy (non-hydrogen) atoms. The molecular weight excluding hydrogens is 321 g/mol. The number of carbonyl (C=O) groups excluding carboxylic acids is 1. The minimum Gasteiger partial charge on any atom is -0.368 e. The Morgan fingerprint density at radius 1 is 1.00 bits per heavy atom. The van der Waals surface area contributed by atoms with Gasteiger partial charge in [0.05, 0.1) is 6.04 Å². The molecule has 1 aromatic rings. The van der Waals surface area contributed by atoms with Gasteiger partial charge in [-0.05, 0) is 31.5 Å². The Morgan fingerprint density at radius 2 is 1.68 bits per heavy atom. The Hall–Kier alpha value is -0.970. The highest BCUT2D eigenvalue weighted by molar-refractivity contribution is 5.85. The third kappa shape index (κ3) is 4.51. The molecule has 1 aromatic carbocycles. The van der Waals surface area contributed by atoms with Gasteiger partial charge in [-0.1, -0.05) is 24.6 Å². The standard InChI is InChI=1S/C16H23N3O.2ClH/c20-16(15-8-4-5-9-17-15)19-12-10-18(11-13-19)14-6-2-1-3-7-14;;/h1-3,6-7,15,17H,4-5,8-13H2;2*1H/t15-;;/m0../s1. The zero-order valence-electron chi connectivity index (χ0n) is 12.7. The molecule has 0 spiro atoms. The first-order chi connectivity index (χ1) is 9.84. The maximum absolute atomic E-state index is 12.4. The third-order valence-electron chi connectivity index (χ3n) is 4.32. The van der Waals surface area contributed by atoms with Crippen LogP contribution in [0.5, 0.6) is 0 Å². The van der Waals surface area contributed by atoms with Crippen LogP contribution in [0.4, 0.5) is 5.69 Å². The van der Waals surface area contributed by atoms with Crippen LogP contribution in [0.15, 0.2) is 30.3 Å². The van der Waals surface area contributed by atoms with Gasteiger partial charge in [0.15, 0.2) is 0 Å². The molecule has 0 aliphatic carbocycles. The second-order valence-electron chi connectivity index (χ2n) is 5.65. The largest absolute Gasteiger partial charge is 0.368 e. The maximum Gasteiger partial charge on any atom is 0.239 e. The van der Waals surface area contributed by atoms with E-state index in [2.05, 4.69) is 34.5 Å². The lowest BCUT2D eigenvalue weighted by Crippen LogP contribution is -2.55. The first kappa shape index (κ1) is 19.1. The summed E-state index contributed by atoms with van der Waals surface area (Å²) in [5.74, 6) is 0.303. The molecule has 124 valence electrons. The van der Waals surface area contributed by atoms with E-state index in [-0.39, 0.29) is 30.9 Å². The fourth-order valence-electron chi connectivity index (χ4n) is 3.11. The van der Waals surface area contributed by atoms with Gasteiger partial charge < -0.3 is 15.1 Å². The first-order valence-corrected chi connectivity index (χ1v) is 7.67. The van der Waals surface area contributed by atoms with Gasteiger partial charge in [-0.25, -0.2) is 0 Å². The molecule has 3 rings (SSSR count). The van der Waals surface area contributed by atoms with Gasteiger partial charge in [0, 0.05) is 31.9 Å². The van der Waals surface area contributed by atoms with E-state index in [0.717, 1.165) is 39.1 Å². The molecule has 1 atom stereocenters. The number of hydrogen-bond donors (Lipinski definition) is 1. The van der Waals surface area contributed by atoms with E-state index in [9.17, 15) is 4.79 Å². The van der Waals surface area contributed by atoms with Crippen molar-refractivity contribution in [3.63, 3.8) is 0 Å². The summed E-state index contributed by atoms with van der Waals surface area (Å²) >= 11 is 0. The van der Waals surface area contributed by atoms with Gasteiger partial charge in [0.2, 0.25) is 5.91 Å². The van der Waals surface area contributed by atoms with Crippen molar-refractivity contribution < 1.29 is 4.79 Å². The van der Waals surface area contributed by atoms with Crippen molar-refractivity contribution in [2.75, 3.05) is 37.6 Å². The SMILES string of the molecule is Cl.Cl.O=C([C@@H]1CCCCN1)N1CCN(c2ccccc2)CC1. The van der Waals surface area contributed by atoms with E-state index in [1.807, 2.05) is 11.0 Å². The van der Waals surface area contributed by atoms with Gasteiger partial charge in [-0.2, -0.15) is 0 Å². The zero-order valence-corrected chi connectivity index (χ0v) is 14.4. The minimum absolute atomic E-state index is 0. The number of nitrogens with zero attached hydrogens (tertiary/aromatic N) is 2. The van der Waals surface area contributed by atoms with Crippen molar-refractivity contribution in [2.24, 2.45) is 0 Å². The monoisotopic (exact) mass is 345 g/mol. The summed E-state index contributed by atoms with van der Waals surface area (Å²) in [6.45, 7) is 4.53. The van der Waals surface area contributed by atoms with Crippen LogP contribution < -0.4 is 10.2 Å². The summed E-state index contributed by atoms with van der Waals surface area (Å²) in [6.07, 6.45) is 3.37. The molecule has 0 aromatic heterocycles. The summed E-state index contributed by atoms with van der Waals surface area (Å²) in [5.41, 5.74) is 1.26. The molecule has 0 bridgehead atoms. The molecule has 0 unspecified atom stereocenters. The van der Waals surface area contributed by atoms with Crippen molar-refractivity contribution in [2.45, 2.75) is 25.3 Å². The number of carbonyl (C=O) groups is 1. The van der Waals surface area contributed by atoms with E-state index >= 15 is 0 Å². The summed E-state index contributed by atoms with van der Waals surface area (Å²) in [5, 5.41) is 3.35. The second-order valence-corrected chi connectivity index (χ2v) is 5.65. The summed E-state index contributed by atoms with van der Waals surface area (Å²) < 4.78 is 0. The molecule has 6 heteroatoms. The summed E-state index contributed by atoms with van der Waals surface area (Å²) in [4.78, 5) is 16.8. The van der Waals surface area contributed by atoms with Crippen molar-refractivity contribution in [3.05, 3.63) is 30.3 Å². The zero-order chi connectivity index (χ0) is 13.8. The Morgan fingerprint density at radius 3 is 2.27 bits per heavy atom. The molecule has 1 amide bonds. The maximum atomic E-state index is 12.4. The first-order valence-electron chi connectivity index (χ1n) is 7.67. The van der Waals surface area contributed by atoms with Crippen LogP contribution in [0, 0.1) is 0 Å². The van der Waals surface area contributed by atoms with E-state index in [4.69, 9.17) is 0 Å². The number of piperidine rings is 1. The van der Waals surface area contributed by atoms with Crippen LogP contribution in [-0.4, -0.2) is 49.6 Å². The molecule has 0 saturated carbocycles. The topological polar surface area (TPSA) is 35.6 Å². The van der Waals surface area contributed by atoms with E-state index in [0.29, 0.717) is 5.91 Å². The van der Waals surface area contributed by atoms with Crippen molar-refractivity contribution in [1.29, 1.82) is 0 Å². The number of benzene rings is 1. The third-order valence-corrected chi connectivity index (χ3v) is 4.32. The van der Waals surface area contributed by atoms with Gasteiger partial charge in [-0.3, -0.25) is 4.79 Å². The highest BCUT2D eigenvalue weighted by atomic mass is 35.5. The van der Waals surface area contributed by atoms with Crippen LogP contribution >= 0.6 is 24.8 Å². The van der Waals surface area contributed by atoms with Gasteiger partial charge in [0.25, 0.3) is 0 Å². The molecular formula is C16H25Cl2N3O. The fourth-order valence-corrected chi connectivity index (χ4v) is 3.11. The smallest absolute Gasteiger partial charge is 0.239 e. The number of piperazine rings is 1. The van der Waals surface area contributed by atoms with Gasteiger partial charge in [-0.15, -0.1) is 24.8 Å². The minimum atomic E-state index is 0. The predicted octanol–water partition coefficient (Wildman–Crippen LogP) is 2.32. The molecule has 2 aliphatic heterocycles. The van der Waals surface area contributed by atoms with Crippen LogP contribution in [-0.2, 0) is 4.79 Å². The van der Waals surface area contributed by atoms with Crippen LogP contribution in [0.25, 0.3) is 0 Å². The molecule has 2 aliphatic rings. The molecule has 1 N–H and O–H groups in total. The lowest BCUT2D eigenvalue weighted by molar-refractivity contribution is -0.134. The quantitative estimate of drug-likeness (QED) is 0.893. The number of anilines is 1. The lowest BCUT2D eigenvalue weighted by atomic mass is 10.0. The van der Waals surface area contributed by atoms with Crippen molar-refractivity contribution >= 4 is 36.4 Å². The Bertz CT molecular complexity index is 444. The summed E-state index contributed by atoms with van der Waals surface area (Å²) in [7, 11) is 0. The van der Waals surface area contributed by atoms with Gasteiger partial charge in [0.1, 0.15) is 0 Å². The summed E-state index contributed by atoms with van der Waals surface area (Å²) in [6, 6.07) is 10.5. The average molecular weight is 346 g/mol. The Labute approximate surface area is 145 Å². The van der Waals surface area contributed by atoms with Crippen molar-refractivity contribution in [3.8, 4) is 0 Å². The van der Waals surface area contributed by atoms with Crippen LogP contribution in [0.1, 0.15) is 19.3 Å². The number of rotatable bonds is 2. The fraction of sp³-hybridized carbons (Fsp3) is 0.562. The highest BCUT2D eigenvalue weighted by Gasteiger charge is 2.28. The van der Waals surface area contributed by atoms with E-state index < -0.39 is 0 Å². The van der Waals surface area contributed by atoms with Gasteiger partial charge >= 0.3 is 0 Å². The Kier molecular flexibility index (Phi) is 8.01. The molecule has 2 saturated heterocycles. The van der Waals surface area contributed by atoms with E-state index in [1.165, 1.54) is 18.5 Å². The number of nitrogens with one attached hydrogen (secondary N) is 1. The van der Waals surface area contributed by atoms with Crippen LogP contribution in [0.2, 0.25) is 0 Å². The molecule has 0 radical (unpaired) electrons. The number of hydrogen-bond acceptors (Lipinski definition) is 3. The van der Waals surface area contributed by atoms with Crippen molar-refractivity contribution in [1.82, 2.24) is 10.2 Å². The average Bonchev–Trinajstić information content (AvgIpc) is 2.56. The Balaban J connectivity index is 0.00000121. The van der Waals surface area contributed by atoms with E-state index in [1.54, 1.807) is 0 Å². The molecule has 2 heterocycles. The number of para-hydroxylation sites is 1. The molecule has 4 nitrogen and oxygen atoms in total. The lowest BCUT2D eigenvalue weighted by Gasteiger charge is -2.38. The number of amides is 1. The predicted molar refractivity (Wildman–Crippen MR) is 95.4 cm³/mol. The normalized spacial score (nSPS) is 21.5. The second kappa shape index (κ2) is 9.23. The van der Waals surface area contributed by atoms with Crippen LogP contribution in [0.3, 0.4) is 0 Å². The number of halogens is 2. The molecule has 2 fully saturated rings. The highest BCUT2D eigenvalue weighted by Crippen LogP contribution is 2.17.